The summed E-state index contributed by atoms with van der Waals surface area (Å²) in [5.41, 5.74) is 0.945. The van der Waals surface area contributed by atoms with Gasteiger partial charge in [0.2, 0.25) is 0 Å². The average Bonchev–Trinajstić information content (AvgIpc) is 2.53. The fourth-order valence-corrected chi connectivity index (χ4v) is 1.68. The number of ether oxygens (including phenoxy) is 1. The predicted octanol–water partition coefficient (Wildman–Crippen LogP) is 2.93. The van der Waals surface area contributed by atoms with Gasteiger partial charge in [0.1, 0.15) is 12.4 Å². The summed E-state index contributed by atoms with van der Waals surface area (Å²) in [4.78, 5) is 11.8. The van der Waals surface area contributed by atoms with Gasteiger partial charge in [-0.2, -0.15) is 10.5 Å². The second-order valence-electron chi connectivity index (χ2n) is 4.19. The van der Waals surface area contributed by atoms with E-state index in [1.165, 1.54) is 24.3 Å². The highest BCUT2D eigenvalue weighted by atomic mass is 19.1. The topological polar surface area (TPSA) is 73.9 Å². The molecule has 0 aliphatic rings. The molecule has 0 heterocycles. The number of carbonyl (C=O) groups is 1. The van der Waals surface area contributed by atoms with Crippen LogP contribution >= 0.6 is 0 Å². The maximum absolute atomic E-state index is 13.6. The second kappa shape index (κ2) is 6.31. The highest BCUT2D eigenvalue weighted by Crippen LogP contribution is 2.13. The van der Waals surface area contributed by atoms with Crippen molar-refractivity contribution < 1.29 is 13.9 Å². The third-order valence-electron chi connectivity index (χ3n) is 2.77. The lowest BCUT2D eigenvalue weighted by Crippen LogP contribution is -2.06. The summed E-state index contributed by atoms with van der Waals surface area (Å²) in [6.07, 6.45) is 0. The van der Waals surface area contributed by atoms with Crippen molar-refractivity contribution in [3.63, 3.8) is 0 Å². The summed E-state index contributed by atoms with van der Waals surface area (Å²) in [5, 5.41) is 17.4. The Bertz CT molecular complexity index is 773. The first-order chi connectivity index (χ1) is 10.1. The van der Waals surface area contributed by atoms with Crippen LogP contribution in [0.4, 0.5) is 4.39 Å². The number of hydrogen-bond donors (Lipinski definition) is 0. The molecule has 0 aliphatic heterocycles. The van der Waals surface area contributed by atoms with Crippen molar-refractivity contribution in [1.82, 2.24) is 0 Å². The Kier molecular flexibility index (Phi) is 4.28. The van der Waals surface area contributed by atoms with E-state index >= 15 is 0 Å². The number of nitrogens with zero attached hydrogens (tertiary/aromatic N) is 2. The van der Waals surface area contributed by atoms with Crippen LogP contribution in [0.2, 0.25) is 0 Å². The van der Waals surface area contributed by atoms with Crippen molar-refractivity contribution in [2.45, 2.75) is 6.61 Å². The summed E-state index contributed by atoms with van der Waals surface area (Å²) in [6, 6.07) is 13.7. The largest absolute Gasteiger partial charge is 0.457 e. The van der Waals surface area contributed by atoms with Crippen LogP contribution in [0.3, 0.4) is 0 Å². The van der Waals surface area contributed by atoms with Crippen LogP contribution < -0.4 is 0 Å². The fourth-order valence-electron chi connectivity index (χ4n) is 1.68. The number of rotatable bonds is 3. The van der Waals surface area contributed by atoms with Crippen LogP contribution in [0.5, 0.6) is 0 Å². The van der Waals surface area contributed by atoms with Gasteiger partial charge in [0.05, 0.1) is 28.8 Å². The smallest absolute Gasteiger partial charge is 0.338 e. The lowest BCUT2D eigenvalue weighted by atomic mass is 10.1. The Morgan fingerprint density at radius 1 is 1.10 bits per heavy atom. The number of halogens is 1. The molecule has 0 saturated carbocycles. The molecule has 0 N–H and O–H groups in total. The van der Waals surface area contributed by atoms with Crippen LogP contribution in [0, 0.1) is 28.5 Å². The molecule has 102 valence electrons. The monoisotopic (exact) mass is 280 g/mol. The number of benzene rings is 2. The highest BCUT2D eigenvalue weighted by molar-refractivity contribution is 5.89. The minimum absolute atomic E-state index is 0.179. The van der Waals surface area contributed by atoms with Crippen molar-refractivity contribution >= 4 is 5.97 Å². The van der Waals surface area contributed by atoms with Crippen LogP contribution in [0.25, 0.3) is 0 Å². The van der Waals surface area contributed by atoms with Crippen LogP contribution in [0.1, 0.15) is 27.0 Å². The van der Waals surface area contributed by atoms with Crippen LogP contribution in [-0.4, -0.2) is 5.97 Å². The van der Waals surface area contributed by atoms with E-state index in [1.54, 1.807) is 12.1 Å². The molecule has 0 aromatic heterocycles. The minimum atomic E-state index is -0.643. The normalized spacial score (nSPS) is 9.48. The van der Waals surface area contributed by atoms with Gasteiger partial charge in [-0.05, 0) is 30.3 Å². The SMILES string of the molecule is N#Cc1cccc(C(=O)OCc2ccc(C#N)cc2F)c1. The van der Waals surface area contributed by atoms with Gasteiger partial charge in [0.25, 0.3) is 0 Å². The van der Waals surface area contributed by atoms with E-state index in [2.05, 4.69) is 0 Å². The van der Waals surface area contributed by atoms with Crippen molar-refractivity contribution in [3.8, 4) is 12.1 Å². The molecule has 2 aromatic rings. The van der Waals surface area contributed by atoms with Gasteiger partial charge < -0.3 is 4.74 Å². The molecule has 0 bridgehead atoms. The molecule has 0 unspecified atom stereocenters. The second-order valence-corrected chi connectivity index (χ2v) is 4.19. The average molecular weight is 280 g/mol. The zero-order chi connectivity index (χ0) is 15.2. The van der Waals surface area contributed by atoms with E-state index < -0.39 is 11.8 Å². The van der Waals surface area contributed by atoms with Gasteiger partial charge in [0.15, 0.2) is 0 Å². The zero-order valence-electron chi connectivity index (χ0n) is 10.8. The number of hydrogen-bond acceptors (Lipinski definition) is 4. The molecule has 0 radical (unpaired) electrons. The maximum atomic E-state index is 13.6. The first kappa shape index (κ1) is 14.2. The first-order valence-electron chi connectivity index (χ1n) is 6.00. The Balaban J connectivity index is 2.08. The van der Waals surface area contributed by atoms with Crippen LogP contribution in [-0.2, 0) is 11.3 Å². The maximum Gasteiger partial charge on any atom is 0.338 e. The molecule has 0 spiro atoms. The fraction of sp³-hybridized carbons (Fsp3) is 0.0625. The van der Waals surface area contributed by atoms with Gasteiger partial charge in [-0.3, -0.25) is 0 Å². The van der Waals surface area contributed by atoms with Gasteiger partial charge in [-0.1, -0.05) is 12.1 Å². The summed E-state index contributed by atoms with van der Waals surface area (Å²) in [7, 11) is 0. The third kappa shape index (κ3) is 3.43. The van der Waals surface area contributed by atoms with Crippen molar-refractivity contribution in [1.29, 1.82) is 10.5 Å². The Morgan fingerprint density at radius 2 is 1.81 bits per heavy atom. The van der Waals surface area contributed by atoms with Crippen LogP contribution in [0.15, 0.2) is 42.5 Å². The summed E-state index contributed by atoms with van der Waals surface area (Å²) in [5.74, 6) is -1.25. The number of esters is 1. The molecule has 5 heteroatoms. The Labute approximate surface area is 120 Å². The summed E-state index contributed by atoms with van der Waals surface area (Å²) < 4.78 is 18.6. The van der Waals surface area contributed by atoms with Gasteiger partial charge in [0, 0.05) is 5.56 Å². The molecule has 0 amide bonds. The molecular formula is C16H9FN2O2. The van der Waals surface area contributed by atoms with Crippen molar-refractivity contribution in [2.75, 3.05) is 0 Å². The van der Waals surface area contributed by atoms with Crippen molar-refractivity contribution in [2.24, 2.45) is 0 Å². The van der Waals surface area contributed by atoms with Gasteiger partial charge >= 0.3 is 5.97 Å². The van der Waals surface area contributed by atoms with Crippen molar-refractivity contribution in [3.05, 3.63) is 70.5 Å². The molecule has 2 aromatic carbocycles. The predicted molar refractivity (Wildman–Crippen MR) is 71.4 cm³/mol. The van der Waals surface area contributed by atoms with E-state index in [-0.39, 0.29) is 23.3 Å². The summed E-state index contributed by atoms with van der Waals surface area (Å²) >= 11 is 0. The van der Waals surface area contributed by atoms with E-state index in [4.69, 9.17) is 15.3 Å². The molecule has 0 saturated heterocycles. The molecular weight excluding hydrogens is 271 g/mol. The zero-order valence-corrected chi connectivity index (χ0v) is 10.8. The van der Waals surface area contributed by atoms with Gasteiger partial charge in [-0.15, -0.1) is 0 Å². The third-order valence-corrected chi connectivity index (χ3v) is 2.77. The quantitative estimate of drug-likeness (QED) is 0.810. The Hall–Kier alpha value is -3.18. The van der Waals surface area contributed by atoms with E-state index in [1.807, 2.05) is 12.1 Å². The lowest BCUT2D eigenvalue weighted by Gasteiger charge is -2.06. The molecule has 2 rings (SSSR count). The first-order valence-corrected chi connectivity index (χ1v) is 6.00. The van der Waals surface area contributed by atoms with E-state index in [0.717, 1.165) is 6.07 Å². The Morgan fingerprint density at radius 3 is 2.48 bits per heavy atom. The van der Waals surface area contributed by atoms with E-state index in [9.17, 15) is 9.18 Å². The molecule has 0 fully saturated rings. The minimum Gasteiger partial charge on any atom is -0.457 e. The molecule has 4 nitrogen and oxygen atoms in total. The number of nitriles is 2. The lowest BCUT2D eigenvalue weighted by molar-refractivity contribution is 0.0469. The highest BCUT2D eigenvalue weighted by Gasteiger charge is 2.10. The standard InChI is InChI=1S/C16H9FN2O2/c17-15-7-12(9-19)4-5-14(15)10-21-16(20)13-3-1-2-11(6-13)8-18/h1-7H,10H2. The molecule has 21 heavy (non-hydrogen) atoms. The molecule has 0 aliphatic carbocycles. The summed E-state index contributed by atoms with van der Waals surface area (Å²) in [6.45, 7) is -0.243. The number of carbonyl (C=O) groups excluding carboxylic acids is 1. The van der Waals surface area contributed by atoms with Gasteiger partial charge in [-0.25, -0.2) is 9.18 Å². The van der Waals surface area contributed by atoms with E-state index in [0.29, 0.717) is 5.56 Å². The molecule has 0 atom stereocenters.